The molecule has 8 nitrogen and oxygen atoms in total. The fourth-order valence-electron chi connectivity index (χ4n) is 3.80. The van der Waals surface area contributed by atoms with Gasteiger partial charge in [-0.3, -0.25) is 9.10 Å². The second kappa shape index (κ2) is 8.84. The first kappa shape index (κ1) is 24.2. The maximum absolute atomic E-state index is 13.2. The van der Waals surface area contributed by atoms with E-state index in [1.807, 2.05) is 26.0 Å². The van der Waals surface area contributed by atoms with Gasteiger partial charge in [-0.2, -0.15) is 0 Å². The van der Waals surface area contributed by atoms with Crippen LogP contribution in [0.5, 0.6) is 0 Å². The number of amides is 1. The van der Waals surface area contributed by atoms with Gasteiger partial charge in [-0.25, -0.2) is 21.1 Å². The fourth-order valence-corrected chi connectivity index (χ4v) is 5.62. The first-order valence-electron chi connectivity index (χ1n) is 10.3. The van der Waals surface area contributed by atoms with Crippen LogP contribution < -0.4 is 9.21 Å². The molecule has 0 bridgehead atoms. The summed E-state index contributed by atoms with van der Waals surface area (Å²) in [6, 6.07) is 11.8. The van der Waals surface area contributed by atoms with E-state index in [1.165, 1.54) is 25.1 Å². The number of rotatable bonds is 7. The summed E-state index contributed by atoms with van der Waals surface area (Å²) in [6.07, 6.45) is 1.59. The summed E-state index contributed by atoms with van der Waals surface area (Å²) >= 11 is 0. The first-order chi connectivity index (χ1) is 14.8. The molecule has 0 N–H and O–H groups in total. The monoisotopic (exact) mass is 479 g/mol. The van der Waals surface area contributed by atoms with Crippen molar-refractivity contribution in [2.75, 3.05) is 42.6 Å². The van der Waals surface area contributed by atoms with Crippen LogP contribution in [0.15, 0.2) is 47.4 Å². The standard InChI is InChI=1S/C22H29N3O5S2/c1-16(2)19-8-6-7-9-21(19)25(31(5,27)28)15-22(26)24-13-12-17-14-18(10-11-20(17)24)32(29,30)23(3)4/h6-11,14,16H,12-13,15H2,1-5H3. The quantitative estimate of drug-likeness (QED) is 0.608. The molecular formula is C22H29N3O5S2. The van der Waals surface area contributed by atoms with E-state index in [0.29, 0.717) is 24.3 Å². The molecule has 1 heterocycles. The first-order valence-corrected chi connectivity index (χ1v) is 13.6. The third-order valence-corrected chi connectivity index (χ3v) is 8.47. The van der Waals surface area contributed by atoms with E-state index >= 15 is 0 Å². The van der Waals surface area contributed by atoms with E-state index in [1.54, 1.807) is 24.3 Å². The summed E-state index contributed by atoms with van der Waals surface area (Å²) in [5, 5.41) is 0. The molecule has 1 amide bonds. The lowest BCUT2D eigenvalue weighted by molar-refractivity contribution is -0.117. The normalized spacial score (nSPS) is 14.2. The van der Waals surface area contributed by atoms with Gasteiger partial charge in [-0.05, 0) is 47.7 Å². The van der Waals surface area contributed by atoms with E-state index in [-0.39, 0.29) is 23.3 Å². The summed E-state index contributed by atoms with van der Waals surface area (Å²) < 4.78 is 52.3. The number of carbonyl (C=O) groups is 1. The molecule has 32 heavy (non-hydrogen) atoms. The number of hydrogen-bond donors (Lipinski definition) is 0. The highest BCUT2D eigenvalue weighted by atomic mass is 32.2. The second-order valence-electron chi connectivity index (χ2n) is 8.36. The van der Waals surface area contributed by atoms with Crippen LogP contribution in [0.4, 0.5) is 11.4 Å². The molecule has 3 rings (SSSR count). The molecule has 0 aliphatic carbocycles. The van der Waals surface area contributed by atoms with Crippen LogP contribution in [0.3, 0.4) is 0 Å². The molecule has 1 aliphatic rings. The van der Waals surface area contributed by atoms with Gasteiger partial charge in [0.15, 0.2) is 0 Å². The number of benzene rings is 2. The Kier molecular flexibility index (Phi) is 6.69. The average Bonchev–Trinajstić information content (AvgIpc) is 3.14. The van der Waals surface area contributed by atoms with Crippen molar-refractivity contribution in [2.24, 2.45) is 0 Å². The van der Waals surface area contributed by atoms with Gasteiger partial charge in [0.1, 0.15) is 6.54 Å². The van der Waals surface area contributed by atoms with Gasteiger partial charge in [0.2, 0.25) is 26.0 Å². The summed E-state index contributed by atoms with van der Waals surface area (Å²) in [5.41, 5.74) is 2.68. The van der Waals surface area contributed by atoms with Gasteiger partial charge in [0, 0.05) is 26.3 Å². The molecule has 2 aromatic carbocycles. The van der Waals surface area contributed by atoms with Gasteiger partial charge in [0.25, 0.3) is 0 Å². The third kappa shape index (κ3) is 4.67. The van der Waals surface area contributed by atoms with Crippen LogP contribution in [-0.2, 0) is 31.3 Å². The molecule has 0 aromatic heterocycles. The van der Waals surface area contributed by atoms with Crippen molar-refractivity contribution in [2.45, 2.75) is 31.1 Å². The Morgan fingerprint density at radius 3 is 2.31 bits per heavy atom. The SMILES string of the molecule is CC(C)c1ccccc1N(CC(=O)N1CCc2cc(S(=O)(=O)N(C)C)ccc21)S(C)(=O)=O. The van der Waals surface area contributed by atoms with E-state index in [2.05, 4.69) is 0 Å². The maximum Gasteiger partial charge on any atom is 0.247 e. The number of fused-ring (bicyclic) bond motifs is 1. The molecule has 174 valence electrons. The van der Waals surface area contributed by atoms with Crippen LogP contribution >= 0.6 is 0 Å². The third-order valence-electron chi connectivity index (χ3n) is 5.53. The van der Waals surface area contributed by atoms with E-state index in [4.69, 9.17) is 0 Å². The molecule has 0 atom stereocenters. The Morgan fingerprint density at radius 2 is 1.72 bits per heavy atom. The molecule has 10 heteroatoms. The highest BCUT2D eigenvalue weighted by Crippen LogP contribution is 2.33. The zero-order valence-electron chi connectivity index (χ0n) is 18.9. The van der Waals surface area contributed by atoms with Gasteiger partial charge in [-0.1, -0.05) is 32.0 Å². The van der Waals surface area contributed by atoms with Crippen molar-refractivity contribution in [1.82, 2.24) is 4.31 Å². The lowest BCUT2D eigenvalue weighted by atomic mass is 10.0. The maximum atomic E-state index is 13.2. The number of para-hydroxylation sites is 1. The van der Waals surface area contributed by atoms with Crippen LogP contribution in [0.2, 0.25) is 0 Å². The molecule has 0 spiro atoms. The number of carbonyl (C=O) groups excluding carboxylic acids is 1. The summed E-state index contributed by atoms with van der Waals surface area (Å²) in [4.78, 5) is 14.9. The van der Waals surface area contributed by atoms with Crippen molar-refractivity contribution < 1.29 is 21.6 Å². The Labute approximate surface area is 190 Å². The minimum absolute atomic E-state index is 0.0788. The highest BCUT2D eigenvalue weighted by Gasteiger charge is 2.31. The van der Waals surface area contributed by atoms with Crippen molar-refractivity contribution >= 4 is 37.3 Å². The molecule has 2 aromatic rings. The topological polar surface area (TPSA) is 95.1 Å². The predicted molar refractivity (Wildman–Crippen MR) is 126 cm³/mol. The smallest absolute Gasteiger partial charge is 0.247 e. The Morgan fingerprint density at radius 1 is 1.06 bits per heavy atom. The van der Waals surface area contributed by atoms with Crippen LogP contribution in [0.1, 0.15) is 30.9 Å². The molecule has 0 radical (unpaired) electrons. The van der Waals surface area contributed by atoms with Gasteiger partial charge < -0.3 is 4.90 Å². The minimum atomic E-state index is -3.71. The number of sulfonamides is 2. The largest absolute Gasteiger partial charge is 0.310 e. The molecule has 0 unspecified atom stereocenters. The van der Waals surface area contributed by atoms with Crippen molar-refractivity contribution in [3.8, 4) is 0 Å². The van der Waals surface area contributed by atoms with E-state index < -0.39 is 20.0 Å². The molecule has 1 aliphatic heterocycles. The Bertz CT molecular complexity index is 1240. The lowest BCUT2D eigenvalue weighted by Crippen LogP contribution is -2.42. The number of nitrogens with zero attached hydrogens (tertiary/aromatic N) is 3. The van der Waals surface area contributed by atoms with Gasteiger partial charge in [0.05, 0.1) is 16.8 Å². The summed E-state index contributed by atoms with van der Waals surface area (Å²) in [7, 11) is -4.36. The van der Waals surface area contributed by atoms with Crippen LogP contribution in [0, 0.1) is 0 Å². The summed E-state index contributed by atoms with van der Waals surface area (Å²) in [5.74, 6) is -0.286. The van der Waals surface area contributed by atoms with Crippen LogP contribution in [0.25, 0.3) is 0 Å². The minimum Gasteiger partial charge on any atom is -0.310 e. The van der Waals surface area contributed by atoms with E-state index in [0.717, 1.165) is 26.0 Å². The predicted octanol–water partition coefficient (Wildman–Crippen LogP) is 2.42. The van der Waals surface area contributed by atoms with Crippen molar-refractivity contribution in [3.63, 3.8) is 0 Å². The Hall–Kier alpha value is -2.43. The second-order valence-corrected chi connectivity index (χ2v) is 12.4. The molecule has 0 saturated carbocycles. The molecule has 0 fully saturated rings. The molecule has 0 saturated heterocycles. The Balaban J connectivity index is 1.93. The zero-order chi connectivity index (χ0) is 23.8. The molecular weight excluding hydrogens is 450 g/mol. The summed E-state index contributed by atoms with van der Waals surface area (Å²) in [6.45, 7) is 3.97. The highest BCUT2D eigenvalue weighted by molar-refractivity contribution is 7.92. The number of anilines is 2. The fraction of sp³-hybridized carbons (Fsp3) is 0.409. The average molecular weight is 480 g/mol. The zero-order valence-corrected chi connectivity index (χ0v) is 20.6. The van der Waals surface area contributed by atoms with Gasteiger partial charge in [-0.15, -0.1) is 0 Å². The van der Waals surface area contributed by atoms with E-state index in [9.17, 15) is 21.6 Å². The number of hydrogen-bond acceptors (Lipinski definition) is 5. The van der Waals surface area contributed by atoms with Crippen LogP contribution in [-0.4, -0.2) is 60.5 Å². The van der Waals surface area contributed by atoms with Crippen molar-refractivity contribution in [3.05, 3.63) is 53.6 Å². The lowest BCUT2D eigenvalue weighted by Gasteiger charge is -2.28. The van der Waals surface area contributed by atoms with Crippen molar-refractivity contribution in [1.29, 1.82) is 0 Å². The van der Waals surface area contributed by atoms with Gasteiger partial charge >= 0.3 is 0 Å².